The van der Waals surface area contributed by atoms with Gasteiger partial charge < -0.3 is 0 Å². The Hall–Kier alpha value is -2.29. The zero-order valence-electron chi connectivity index (χ0n) is 10.4. The molecule has 1 aliphatic carbocycles. The van der Waals surface area contributed by atoms with Crippen LogP contribution in [0.3, 0.4) is 0 Å². The maximum Gasteiger partial charge on any atom is 0.229 e. The first-order chi connectivity index (χ1) is 9.25. The Morgan fingerprint density at radius 2 is 2.00 bits per heavy atom. The van der Waals surface area contributed by atoms with Gasteiger partial charge in [-0.2, -0.15) is 0 Å². The van der Waals surface area contributed by atoms with Crippen molar-refractivity contribution in [2.45, 2.75) is 19.3 Å². The third-order valence-electron chi connectivity index (χ3n) is 3.41. The van der Waals surface area contributed by atoms with Crippen LogP contribution in [-0.4, -0.2) is 17.3 Å². The Labute approximate surface area is 111 Å². The molecule has 19 heavy (non-hydrogen) atoms. The van der Waals surface area contributed by atoms with E-state index >= 15 is 0 Å². The lowest BCUT2D eigenvalue weighted by Gasteiger charge is -2.04. The molecule has 94 valence electrons. The van der Waals surface area contributed by atoms with E-state index in [1.54, 1.807) is 6.20 Å². The highest BCUT2D eigenvalue weighted by Crippen LogP contribution is 2.28. The first kappa shape index (κ1) is 11.8. The molecule has 0 aromatic heterocycles. The number of rotatable bonds is 4. The van der Waals surface area contributed by atoms with Crippen molar-refractivity contribution in [3.63, 3.8) is 0 Å². The maximum atomic E-state index is 12.2. The van der Waals surface area contributed by atoms with Crippen LogP contribution in [-0.2, 0) is 16.0 Å². The summed E-state index contributed by atoms with van der Waals surface area (Å²) in [6, 6.07) is 7.72. The van der Waals surface area contributed by atoms with Gasteiger partial charge in [0.2, 0.25) is 11.6 Å². The summed E-state index contributed by atoms with van der Waals surface area (Å²) in [7, 11) is 0. The van der Waals surface area contributed by atoms with E-state index in [-0.39, 0.29) is 18.0 Å². The van der Waals surface area contributed by atoms with Crippen LogP contribution < -0.4 is 0 Å². The number of hydrogen-bond donors (Lipinski definition) is 0. The number of carbonyl (C=O) groups is 2. The molecule has 3 rings (SSSR count). The molecule has 0 radical (unpaired) electrons. The summed E-state index contributed by atoms with van der Waals surface area (Å²) >= 11 is 0. The molecular formula is C16H13NO2. The molecule has 1 aromatic rings. The predicted molar refractivity (Wildman–Crippen MR) is 73.9 cm³/mol. The summed E-state index contributed by atoms with van der Waals surface area (Å²) in [5.41, 5.74) is 3.32. The molecule has 0 fully saturated rings. The van der Waals surface area contributed by atoms with Crippen molar-refractivity contribution in [1.82, 2.24) is 0 Å². The lowest BCUT2D eigenvalue weighted by Crippen LogP contribution is -2.18. The molecule has 0 atom stereocenters. The Kier molecular flexibility index (Phi) is 2.95. The van der Waals surface area contributed by atoms with Crippen LogP contribution in [0.4, 0.5) is 0 Å². The Morgan fingerprint density at radius 3 is 2.79 bits per heavy atom. The van der Waals surface area contributed by atoms with Gasteiger partial charge in [-0.25, -0.2) is 0 Å². The van der Waals surface area contributed by atoms with E-state index in [2.05, 4.69) is 4.99 Å². The van der Waals surface area contributed by atoms with Crippen molar-refractivity contribution >= 4 is 22.9 Å². The summed E-state index contributed by atoms with van der Waals surface area (Å²) in [4.78, 5) is 28.3. The summed E-state index contributed by atoms with van der Waals surface area (Å²) in [6.45, 7) is 0. The Morgan fingerprint density at radius 1 is 1.16 bits per heavy atom. The van der Waals surface area contributed by atoms with E-state index in [4.69, 9.17) is 0 Å². The van der Waals surface area contributed by atoms with E-state index in [1.165, 1.54) is 0 Å². The maximum absolute atomic E-state index is 12.2. The highest BCUT2D eigenvalue weighted by atomic mass is 16.2. The second kappa shape index (κ2) is 4.76. The molecule has 0 saturated carbocycles. The molecule has 0 amide bonds. The standard InChI is InChI=1S/C16H13NO2/c18-15(10-12-5-3-9-17-12)16(19)14-8-7-11-4-1-2-6-13(11)14/h1-4,6,8-9H,5,7,10H2. The van der Waals surface area contributed by atoms with E-state index in [0.29, 0.717) is 12.0 Å². The molecular weight excluding hydrogens is 238 g/mol. The fourth-order valence-corrected chi connectivity index (χ4v) is 2.43. The molecule has 0 unspecified atom stereocenters. The third kappa shape index (κ3) is 2.19. The number of nitrogens with zero attached hydrogens (tertiary/aromatic N) is 1. The van der Waals surface area contributed by atoms with Crippen LogP contribution in [0.25, 0.3) is 5.57 Å². The molecule has 2 aliphatic rings. The zero-order valence-corrected chi connectivity index (χ0v) is 10.4. The van der Waals surface area contributed by atoms with E-state index in [1.807, 2.05) is 36.4 Å². The van der Waals surface area contributed by atoms with E-state index in [0.717, 1.165) is 23.3 Å². The van der Waals surface area contributed by atoms with Gasteiger partial charge in [0.1, 0.15) is 0 Å². The number of aliphatic imine (C=N–C) groups is 1. The van der Waals surface area contributed by atoms with Gasteiger partial charge in [-0.3, -0.25) is 14.6 Å². The Balaban J connectivity index is 1.76. The number of hydrogen-bond acceptors (Lipinski definition) is 3. The number of Topliss-reactive ketones (excluding diaryl/α,β-unsaturated/α-hetero) is 2. The van der Waals surface area contributed by atoms with Gasteiger partial charge in [-0.1, -0.05) is 36.4 Å². The number of benzene rings is 1. The quantitative estimate of drug-likeness (QED) is 0.772. The normalized spacial score (nSPS) is 16.0. The molecule has 0 spiro atoms. The summed E-state index contributed by atoms with van der Waals surface area (Å²) in [5, 5.41) is 0. The average molecular weight is 251 g/mol. The first-order valence-electron chi connectivity index (χ1n) is 6.32. The molecule has 1 aliphatic heterocycles. The van der Waals surface area contributed by atoms with Gasteiger partial charge >= 0.3 is 0 Å². The molecule has 1 aromatic carbocycles. The van der Waals surface area contributed by atoms with Crippen molar-refractivity contribution in [2.75, 3.05) is 0 Å². The number of fused-ring (bicyclic) bond motifs is 1. The van der Waals surface area contributed by atoms with Crippen LogP contribution in [0.1, 0.15) is 24.0 Å². The first-order valence-corrected chi connectivity index (χ1v) is 6.32. The van der Waals surface area contributed by atoms with Crippen LogP contribution >= 0.6 is 0 Å². The second-order valence-corrected chi connectivity index (χ2v) is 4.69. The van der Waals surface area contributed by atoms with Crippen LogP contribution in [0.15, 0.2) is 47.6 Å². The van der Waals surface area contributed by atoms with Gasteiger partial charge in [0.25, 0.3) is 0 Å². The summed E-state index contributed by atoms with van der Waals surface area (Å²) < 4.78 is 0. The van der Waals surface area contributed by atoms with Crippen molar-refractivity contribution in [3.8, 4) is 0 Å². The fourth-order valence-electron chi connectivity index (χ4n) is 2.43. The SMILES string of the molecule is O=C(CC1=NC=CC1)C(=O)C1=CCc2ccccc21. The smallest absolute Gasteiger partial charge is 0.229 e. The lowest BCUT2D eigenvalue weighted by molar-refractivity contribution is -0.132. The van der Waals surface area contributed by atoms with Gasteiger partial charge in [0.05, 0.1) is 6.42 Å². The monoisotopic (exact) mass is 251 g/mol. The summed E-state index contributed by atoms with van der Waals surface area (Å²) in [6.07, 6.45) is 6.95. The second-order valence-electron chi connectivity index (χ2n) is 4.69. The van der Waals surface area contributed by atoms with Gasteiger partial charge in [-0.15, -0.1) is 0 Å². The molecule has 0 N–H and O–H groups in total. The highest BCUT2D eigenvalue weighted by Gasteiger charge is 2.25. The molecule has 1 heterocycles. The zero-order chi connectivity index (χ0) is 13.2. The number of ketones is 2. The predicted octanol–water partition coefficient (Wildman–Crippen LogP) is 2.51. The molecule has 0 saturated heterocycles. The van der Waals surface area contributed by atoms with E-state index in [9.17, 15) is 9.59 Å². The number of carbonyl (C=O) groups excluding carboxylic acids is 2. The molecule has 3 nitrogen and oxygen atoms in total. The van der Waals surface area contributed by atoms with E-state index < -0.39 is 0 Å². The summed E-state index contributed by atoms with van der Waals surface area (Å²) in [5.74, 6) is -0.759. The number of allylic oxidation sites excluding steroid dienone is 3. The molecule has 0 bridgehead atoms. The third-order valence-corrected chi connectivity index (χ3v) is 3.41. The minimum Gasteiger partial charge on any atom is -0.290 e. The van der Waals surface area contributed by atoms with Crippen molar-refractivity contribution < 1.29 is 9.59 Å². The lowest BCUT2D eigenvalue weighted by atomic mass is 9.98. The minimum atomic E-state index is -0.389. The fraction of sp³-hybridized carbons (Fsp3) is 0.188. The van der Waals surface area contributed by atoms with Gasteiger partial charge in [0.15, 0.2) is 0 Å². The van der Waals surface area contributed by atoms with Crippen LogP contribution in [0.5, 0.6) is 0 Å². The molecule has 3 heteroatoms. The van der Waals surface area contributed by atoms with Crippen molar-refractivity contribution in [3.05, 3.63) is 53.7 Å². The highest BCUT2D eigenvalue weighted by molar-refractivity contribution is 6.56. The van der Waals surface area contributed by atoms with Gasteiger partial charge in [0, 0.05) is 23.9 Å². The van der Waals surface area contributed by atoms with Crippen LogP contribution in [0.2, 0.25) is 0 Å². The largest absolute Gasteiger partial charge is 0.290 e. The minimum absolute atomic E-state index is 0.130. The Bertz CT molecular complexity index is 650. The van der Waals surface area contributed by atoms with Gasteiger partial charge in [-0.05, 0) is 17.5 Å². The average Bonchev–Trinajstić information content (AvgIpc) is 3.06. The van der Waals surface area contributed by atoms with Crippen LogP contribution in [0, 0.1) is 0 Å². The topological polar surface area (TPSA) is 46.5 Å². The van der Waals surface area contributed by atoms with Crippen molar-refractivity contribution in [1.29, 1.82) is 0 Å². The van der Waals surface area contributed by atoms with Crippen molar-refractivity contribution in [2.24, 2.45) is 4.99 Å².